The van der Waals surface area contributed by atoms with E-state index in [0.717, 1.165) is 0 Å². The Kier molecular flexibility index (Phi) is 7.97. The number of pyridine rings is 1. The number of nitrogens with one attached hydrogen (secondary N) is 2. The molecule has 10 nitrogen and oxygen atoms in total. The highest BCUT2D eigenvalue weighted by Gasteiger charge is 2.18. The Labute approximate surface area is 180 Å². The minimum Gasteiger partial charge on any atom is -0.489 e. The third-order valence-electron chi connectivity index (χ3n) is 4.74. The Morgan fingerprint density at radius 3 is 2.84 bits per heavy atom. The first kappa shape index (κ1) is 22.3. The molecule has 2 aromatic heterocycles. The number of aryl methyl sites for hydroxylation is 1. The maximum Gasteiger partial charge on any atom is 0.273 e. The van der Waals surface area contributed by atoms with Crippen molar-refractivity contribution < 1.29 is 23.6 Å². The molecule has 3 rings (SSSR count). The number of rotatable bonds is 2. The van der Waals surface area contributed by atoms with Crippen LogP contribution in [0.1, 0.15) is 41.2 Å². The fourth-order valence-corrected chi connectivity index (χ4v) is 3.23. The molecule has 0 spiro atoms. The summed E-state index contributed by atoms with van der Waals surface area (Å²) in [7, 11) is 0. The average molecular weight is 429 g/mol. The van der Waals surface area contributed by atoms with Gasteiger partial charge in [-0.1, -0.05) is 5.16 Å². The highest BCUT2D eigenvalue weighted by Crippen LogP contribution is 2.15. The van der Waals surface area contributed by atoms with Crippen LogP contribution in [0.5, 0.6) is 5.75 Å². The van der Waals surface area contributed by atoms with Gasteiger partial charge in [-0.15, -0.1) is 0 Å². The van der Waals surface area contributed by atoms with Crippen molar-refractivity contribution in [1.82, 2.24) is 25.7 Å². The van der Waals surface area contributed by atoms with Gasteiger partial charge in [-0.3, -0.25) is 14.4 Å². The van der Waals surface area contributed by atoms with Crippen LogP contribution < -0.4 is 15.4 Å². The van der Waals surface area contributed by atoms with E-state index < -0.39 is 0 Å². The third kappa shape index (κ3) is 6.80. The largest absolute Gasteiger partial charge is 0.489 e. The predicted octanol–water partition coefficient (Wildman–Crippen LogP) is 0.858. The van der Waals surface area contributed by atoms with E-state index in [4.69, 9.17) is 9.26 Å². The topological polar surface area (TPSA) is 127 Å². The number of ether oxygens (including phenoxy) is 1. The van der Waals surface area contributed by atoms with E-state index >= 15 is 0 Å². The van der Waals surface area contributed by atoms with Gasteiger partial charge in [0.05, 0.1) is 18.7 Å². The first-order valence-corrected chi connectivity index (χ1v) is 10.4. The van der Waals surface area contributed by atoms with E-state index in [9.17, 15) is 14.4 Å². The van der Waals surface area contributed by atoms with Crippen LogP contribution in [0, 0.1) is 6.92 Å². The molecule has 10 heteroatoms. The van der Waals surface area contributed by atoms with Gasteiger partial charge in [0.25, 0.3) is 5.91 Å². The van der Waals surface area contributed by atoms with Crippen molar-refractivity contribution in [3.05, 3.63) is 41.5 Å². The second-order valence-electron chi connectivity index (χ2n) is 7.25. The fourth-order valence-electron chi connectivity index (χ4n) is 3.23. The van der Waals surface area contributed by atoms with Gasteiger partial charge in [0, 0.05) is 38.3 Å². The normalized spacial score (nSPS) is 16.6. The molecule has 0 unspecified atom stereocenters. The van der Waals surface area contributed by atoms with Crippen LogP contribution in [0.2, 0.25) is 0 Å². The van der Waals surface area contributed by atoms with E-state index in [0.29, 0.717) is 62.6 Å². The molecule has 0 atom stereocenters. The maximum atomic E-state index is 12.8. The highest BCUT2D eigenvalue weighted by atomic mass is 16.5. The smallest absolute Gasteiger partial charge is 0.273 e. The number of carbonyl (C=O) groups is 3. The van der Waals surface area contributed by atoms with Crippen LogP contribution in [0.15, 0.2) is 28.9 Å². The van der Waals surface area contributed by atoms with Crippen molar-refractivity contribution in [2.75, 3.05) is 32.8 Å². The zero-order valence-electron chi connectivity index (χ0n) is 17.6. The minimum atomic E-state index is -0.346. The van der Waals surface area contributed by atoms with Crippen LogP contribution in [-0.4, -0.2) is 65.5 Å². The molecule has 0 fully saturated rings. The van der Waals surface area contributed by atoms with Gasteiger partial charge in [-0.05, 0) is 31.9 Å². The summed E-state index contributed by atoms with van der Waals surface area (Å²) in [5.74, 6) is 0.299. The fraction of sp³-hybridized carbons (Fsp3) is 0.476. The van der Waals surface area contributed by atoms with Gasteiger partial charge in [0.2, 0.25) is 11.8 Å². The summed E-state index contributed by atoms with van der Waals surface area (Å²) in [6, 6.07) is 5.08. The van der Waals surface area contributed by atoms with E-state index in [1.165, 1.54) is 6.20 Å². The molecule has 0 saturated carbocycles. The van der Waals surface area contributed by atoms with Gasteiger partial charge in [-0.2, -0.15) is 0 Å². The quantitative estimate of drug-likeness (QED) is 0.725. The Bertz CT molecular complexity index is 913. The average Bonchev–Trinajstić information content (AvgIpc) is 3.16. The molecule has 0 saturated heterocycles. The molecular weight excluding hydrogens is 402 g/mol. The van der Waals surface area contributed by atoms with Crippen LogP contribution in [-0.2, 0) is 16.0 Å². The Balaban J connectivity index is 1.65. The molecule has 0 bridgehead atoms. The summed E-state index contributed by atoms with van der Waals surface area (Å²) in [5.41, 5.74) is 0.905. The molecule has 0 aromatic carbocycles. The molecule has 1 aliphatic heterocycles. The van der Waals surface area contributed by atoms with Crippen LogP contribution in [0.4, 0.5) is 0 Å². The molecule has 166 valence electrons. The third-order valence-corrected chi connectivity index (χ3v) is 4.74. The summed E-state index contributed by atoms with van der Waals surface area (Å²) in [4.78, 5) is 43.1. The lowest BCUT2D eigenvalue weighted by Crippen LogP contribution is -2.37. The minimum absolute atomic E-state index is 0.105. The maximum absolute atomic E-state index is 12.8. The molecule has 3 heterocycles. The van der Waals surface area contributed by atoms with Crippen molar-refractivity contribution in [3.8, 4) is 5.75 Å². The molecule has 1 aliphatic rings. The summed E-state index contributed by atoms with van der Waals surface area (Å²) >= 11 is 0. The first-order chi connectivity index (χ1) is 15.0. The summed E-state index contributed by atoms with van der Waals surface area (Å²) < 4.78 is 10.8. The second kappa shape index (κ2) is 11.1. The van der Waals surface area contributed by atoms with E-state index in [2.05, 4.69) is 20.8 Å². The van der Waals surface area contributed by atoms with E-state index in [1.807, 2.05) is 0 Å². The van der Waals surface area contributed by atoms with E-state index in [1.54, 1.807) is 30.0 Å². The predicted molar refractivity (Wildman–Crippen MR) is 110 cm³/mol. The second-order valence-corrected chi connectivity index (χ2v) is 7.25. The Morgan fingerprint density at radius 2 is 2.03 bits per heavy atom. The van der Waals surface area contributed by atoms with Crippen molar-refractivity contribution in [2.24, 2.45) is 0 Å². The van der Waals surface area contributed by atoms with Gasteiger partial charge in [0.1, 0.15) is 12.4 Å². The SMILES string of the molecule is Cc1cc(CC(=O)N2CCCNC(=O)c3ncccc3OCCNC(=O)CCC2)on1. The number of nitrogens with zero attached hydrogens (tertiary/aromatic N) is 3. The number of hydrogen-bond donors (Lipinski definition) is 2. The van der Waals surface area contributed by atoms with Gasteiger partial charge >= 0.3 is 0 Å². The van der Waals surface area contributed by atoms with Crippen LogP contribution >= 0.6 is 0 Å². The number of amides is 3. The molecule has 0 radical (unpaired) electrons. The van der Waals surface area contributed by atoms with Crippen LogP contribution in [0.25, 0.3) is 0 Å². The summed E-state index contributed by atoms with van der Waals surface area (Å²) in [6.45, 7) is 3.58. The molecule has 2 aromatic rings. The molecule has 3 amide bonds. The monoisotopic (exact) mass is 429 g/mol. The lowest BCUT2D eigenvalue weighted by Gasteiger charge is -2.22. The highest BCUT2D eigenvalue weighted by molar-refractivity contribution is 5.94. The van der Waals surface area contributed by atoms with Crippen LogP contribution in [0.3, 0.4) is 0 Å². The van der Waals surface area contributed by atoms with Crippen molar-refractivity contribution in [2.45, 2.75) is 32.6 Å². The Morgan fingerprint density at radius 1 is 1.19 bits per heavy atom. The van der Waals surface area contributed by atoms with Gasteiger partial charge < -0.3 is 24.8 Å². The molecular formula is C21H27N5O5. The summed E-state index contributed by atoms with van der Waals surface area (Å²) in [5, 5.41) is 9.41. The number of aromatic nitrogens is 2. The number of hydrogen-bond acceptors (Lipinski definition) is 7. The lowest BCUT2D eigenvalue weighted by molar-refractivity contribution is -0.131. The first-order valence-electron chi connectivity index (χ1n) is 10.4. The number of fused-ring (bicyclic) bond motifs is 1. The lowest BCUT2D eigenvalue weighted by atomic mass is 10.2. The summed E-state index contributed by atoms with van der Waals surface area (Å²) in [6.07, 6.45) is 3.02. The number of carbonyl (C=O) groups excluding carboxylic acids is 3. The van der Waals surface area contributed by atoms with Gasteiger partial charge in [0.15, 0.2) is 11.4 Å². The van der Waals surface area contributed by atoms with Crippen molar-refractivity contribution in [1.29, 1.82) is 0 Å². The molecule has 31 heavy (non-hydrogen) atoms. The Hall–Kier alpha value is -3.43. The standard InChI is InChI=1S/C21H27N5O5/c1-15-13-16(31-25-15)14-19(28)26-10-3-6-18(27)22-9-12-30-17-5-2-7-23-20(17)21(29)24-8-4-11-26/h2,5,7,13H,3-4,6,8-12,14H2,1H3,(H,22,27)(H,24,29). The zero-order valence-corrected chi connectivity index (χ0v) is 17.6. The molecule has 0 aliphatic carbocycles. The van der Waals surface area contributed by atoms with Crippen molar-refractivity contribution >= 4 is 17.7 Å². The zero-order chi connectivity index (χ0) is 22.1. The van der Waals surface area contributed by atoms with Crippen molar-refractivity contribution in [3.63, 3.8) is 0 Å². The van der Waals surface area contributed by atoms with Gasteiger partial charge in [-0.25, -0.2) is 4.98 Å². The molecule has 2 N–H and O–H groups in total. The van der Waals surface area contributed by atoms with E-state index in [-0.39, 0.29) is 36.4 Å².